The van der Waals surface area contributed by atoms with E-state index in [4.69, 9.17) is 5.11 Å². The number of piperidine rings is 1. The largest absolute Gasteiger partial charge is 0.481 e. The Bertz CT molecular complexity index is 585. The number of carboxylic acid groups (broad SMARTS) is 1. The molecule has 1 aromatic rings. The van der Waals surface area contributed by atoms with E-state index >= 15 is 0 Å². The molecule has 0 aromatic heterocycles. The van der Waals surface area contributed by atoms with E-state index in [-0.39, 0.29) is 18.2 Å². The minimum Gasteiger partial charge on any atom is -0.481 e. The Morgan fingerprint density at radius 2 is 2.05 bits per heavy atom. The SMILES string of the molecule is CC(CS(=O)(=O)N1CCC[C@@H](C(=O)O)C1)c1ccccc1. The van der Waals surface area contributed by atoms with Crippen LogP contribution in [0.25, 0.3) is 0 Å². The van der Waals surface area contributed by atoms with Gasteiger partial charge in [0.1, 0.15) is 0 Å². The zero-order chi connectivity index (χ0) is 15.5. The fraction of sp³-hybridized carbons (Fsp3) is 0.533. The topological polar surface area (TPSA) is 74.7 Å². The molecule has 1 aliphatic heterocycles. The van der Waals surface area contributed by atoms with Crippen LogP contribution < -0.4 is 0 Å². The third-order valence-electron chi connectivity index (χ3n) is 3.96. The Labute approximate surface area is 125 Å². The summed E-state index contributed by atoms with van der Waals surface area (Å²) in [5.41, 5.74) is 0.980. The minimum absolute atomic E-state index is 0.0172. The summed E-state index contributed by atoms with van der Waals surface area (Å²) in [5.74, 6) is -1.59. The van der Waals surface area contributed by atoms with E-state index in [9.17, 15) is 13.2 Å². The zero-order valence-corrected chi connectivity index (χ0v) is 12.9. The number of sulfonamides is 1. The summed E-state index contributed by atoms with van der Waals surface area (Å²) in [7, 11) is -3.43. The lowest BCUT2D eigenvalue weighted by molar-refractivity contribution is -0.142. The number of aliphatic carboxylic acids is 1. The van der Waals surface area contributed by atoms with Crippen LogP contribution in [-0.4, -0.2) is 42.6 Å². The predicted molar refractivity (Wildman–Crippen MR) is 80.6 cm³/mol. The van der Waals surface area contributed by atoms with Gasteiger partial charge in [-0.3, -0.25) is 4.79 Å². The molecule has 1 aliphatic rings. The summed E-state index contributed by atoms with van der Waals surface area (Å²) < 4.78 is 26.3. The molecule has 0 aliphatic carbocycles. The van der Waals surface area contributed by atoms with Crippen molar-refractivity contribution in [3.8, 4) is 0 Å². The molecule has 1 fully saturated rings. The standard InChI is InChI=1S/C15H21NO4S/c1-12(13-6-3-2-4-7-13)11-21(19,20)16-9-5-8-14(10-16)15(17)18/h2-4,6-7,12,14H,5,8-11H2,1H3,(H,17,18)/t12?,14-/m1/s1. The molecule has 116 valence electrons. The van der Waals surface area contributed by atoms with Crippen molar-refractivity contribution < 1.29 is 18.3 Å². The lowest BCUT2D eigenvalue weighted by Crippen LogP contribution is -2.43. The predicted octanol–water partition coefficient (Wildman–Crippen LogP) is 1.92. The van der Waals surface area contributed by atoms with Gasteiger partial charge in [0.25, 0.3) is 0 Å². The molecule has 1 heterocycles. The van der Waals surface area contributed by atoms with E-state index in [1.165, 1.54) is 4.31 Å². The maximum atomic E-state index is 12.5. The van der Waals surface area contributed by atoms with Gasteiger partial charge in [0, 0.05) is 13.1 Å². The zero-order valence-electron chi connectivity index (χ0n) is 12.1. The van der Waals surface area contributed by atoms with E-state index in [2.05, 4.69) is 0 Å². The summed E-state index contributed by atoms with van der Waals surface area (Å²) in [5, 5.41) is 9.06. The summed E-state index contributed by atoms with van der Waals surface area (Å²) >= 11 is 0. The van der Waals surface area contributed by atoms with E-state index < -0.39 is 21.9 Å². The fourth-order valence-electron chi connectivity index (χ4n) is 2.70. The molecule has 0 spiro atoms. The third kappa shape index (κ3) is 4.04. The second-order valence-electron chi connectivity index (χ2n) is 5.63. The summed E-state index contributed by atoms with van der Waals surface area (Å²) in [6.45, 7) is 2.40. The highest BCUT2D eigenvalue weighted by atomic mass is 32.2. The maximum absolute atomic E-state index is 12.5. The van der Waals surface area contributed by atoms with Gasteiger partial charge in [0.05, 0.1) is 11.7 Å². The van der Waals surface area contributed by atoms with Crippen LogP contribution in [0.2, 0.25) is 0 Å². The first-order chi connectivity index (χ1) is 9.90. The average molecular weight is 311 g/mol. The molecule has 0 saturated carbocycles. The minimum atomic E-state index is -3.43. The highest BCUT2D eigenvalue weighted by molar-refractivity contribution is 7.89. The van der Waals surface area contributed by atoms with E-state index in [0.717, 1.165) is 5.56 Å². The number of nitrogens with zero attached hydrogens (tertiary/aromatic N) is 1. The Balaban J connectivity index is 2.06. The molecular formula is C15H21NO4S. The smallest absolute Gasteiger partial charge is 0.307 e. The van der Waals surface area contributed by atoms with Crippen LogP contribution in [-0.2, 0) is 14.8 Å². The van der Waals surface area contributed by atoms with E-state index in [1.807, 2.05) is 37.3 Å². The van der Waals surface area contributed by atoms with Gasteiger partial charge in [0.15, 0.2) is 0 Å². The Kier molecular flexibility index (Phi) is 5.00. The molecule has 6 heteroatoms. The molecule has 0 amide bonds. The monoisotopic (exact) mass is 311 g/mol. The molecular weight excluding hydrogens is 290 g/mol. The molecule has 1 N–H and O–H groups in total. The molecule has 0 bridgehead atoms. The second-order valence-corrected chi connectivity index (χ2v) is 7.64. The van der Waals surface area contributed by atoms with Crippen LogP contribution >= 0.6 is 0 Å². The number of hydrogen-bond acceptors (Lipinski definition) is 3. The van der Waals surface area contributed by atoms with Crippen molar-refractivity contribution in [2.24, 2.45) is 5.92 Å². The van der Waals surface area contributed by atoms with Crippen molar-refractivity contribution >= 4 is 16.0 Å². The Morgan fingerprint density at radius 3 is 2.67 bits per heavy atom. The van der Waals surface area contributed by atoms with Crippen molar-refractivity contribution in [1.29, 1.82) is 0 Å². The van der Waals surface area contributed by atoms with Gasteiger partial charge in [0.2, 0.25) is 10.0 Å². The van der Waals surface area contributed by atoms with Gasteiger partial charge < -0.3 is 5.11 Å². The molecule has 1 saturated heterocycles. The third-order valence-corrected chi connectivity index (χ3v) is 6.00. The molecule has 1 unspecified atom stereocenters. The Morgan fingerprint density at radius 1 is 1.38 bits per heavy atom. The Hall–Kier alpha value is -1.40. The van der Waals surface area contributed by atoms with E-state index in [1.54, 1.807) is 0 Å². The van der Waals surface area contributed by atoms with E-state index in [0.29, 0.717) is 19.4 Å². The van der Waals surface area contributed by atoms with Crippen LogP contribution in [0, 0.1) is 5.92 Å². The quantitative estimate of drug-likeness (QED) is 0.901. The van der Waals surface area contributed by atoms with Crippen molar-refractivity contribution in [3.63, 3.8) is 0 Å². The second kappa shape index (κ2) is 6.58. The van der Waals surface area contributed by atoms with Gasteiger partial charge >= 0.3 is 5.97 Å². The molecule has 1 aromatic carbocycles. The highest BCUT2D eigenvalue weighted by Crippen LogP contribution is 2.23. The van der Waals surface area contributed by atoms with Gasteiger partial charge in [-0.05, 0) is 24.3 Å². The number of carbonyl (C=O) groups is 1. The summed E-state index contributed by atoms with van der Waals surface area (Å²) in [6, 6.07) is 9.50. The van der Waals surface area contributed by atoms with Gasteiger partial charge in [-0.15, -0.1) is 0 Å². The molecule has 2 rings (SSSR count). The van der Waals surface area contributed by atoms with Gasteiger partial charge in [-0.1, -0.05) is 37.3 Å². The summed E-state index contributed by atoms with van der Waals surface area (Å²) in [6.07, 6.45) is 1.16. The first-order valence-electron chi connectivity index (χ1n) is 7.15. The first kappa shape index (κ1) is 16.0. The number of rotatable bonds is 5. The lowest BCUT2D eigenvalue weighted by atomic mass is 10.0. The molecule has 21 heavy (non-hydrogen) atoms. The summed E-state index contributed by atoms with van der Waals surface area (Å²) in [4.78, 5) is 11.0. The maximum Gasteiger partial charge on any atom is 0.307 e. The van der Waals surface area contributed by atoms with Crippen LogP contribution in [0.15, 0.2) is 30.3 Å². The normalized spacial score (nSPS) is 21.9. The van der Waals surface area contributed by atoms with Crippen molar-refractivity contribution in [1.82, 2.24) is 4.31 Å². The van der Waals surface area contributed by atoms with Crippen LogP contribution in [0.4, 0.5) is 0 Å². The van der Waals surface area contributed by atoms with Crippen molar-refractivity contribution in [2.75, 3.05) is 18.8 Å². The molecule has 0 radical (unpaired) electrons. The number of carboxylic acids is 1. The van der Waals surface area contributed by atoms with Gasteiger partial charge in [-0.2, -0.15) is 0 Å². The van der Waals surface area contributed by atoms with Crippen molar-refractivity contribution in [2.45, 2.75) is 25.7 Å². The average Bonchev–Trinajstić information content (AvgIpc) is 2.48. The first-order valence-corrected chi connectivity index (χ1v) is 8.76. The molecule has 5 nitrogen and oxygen atoms in total. The number of benzene rings is 1. The molecule has 2 atom stereocenters. The fourth-order valence-corrected chi connectivity index (χ4v) is 4.55. The highest BCUT2D eigenvalue weighted by Gasteiger charge is 2.33. The number of hydrogen-bond donors (Lipinski definition) is 1. The van der Waals surface area contributed by atoms with Crippen LogP contribution in [0.5, 0.6) is 0 Å². The van der Waals surface area contributed by atoms with Crippen molar-refractivity contribution in [3.05, 3.63) is 35.9 Å². The van der Waals surface area contributed by atoms with Crippen LogP contribution in [0.1, 0.15) is 31.2 Å². The van der Waals surface area contributed by atoms with Crippen LogP contribution in [0.3, 0.4) is 0 Å². The lowest BCUT2D eigenvalue weighted by Gasteiger charge is -2.30. The van der Waals surface area contributed by atoms with Gasteiger partial charge in [-0.25, -0.2) is 12.7 Å².